The van der Waals surface area contributed by atoms with Crippen molar-refractivity contribution in [1.82, 2.24) is 5.32 Å². The molecule has 0 atom stereocenters. The minimum absolute atomic E-state index is 0.270. The van der Waals surface area contributed by atoms with Gasteiger partial charge >= 0.3 is 5.97 Å². The van der Waals surface area contributed by atoms with E-state index >= 15 is 0 Å². The zero-order chi connectivity index (χ0) is 16.5. The third-order valence-electron chi connectivity index (χ3n) is 2.87. The van der Waals surface area contributed by atoms with E-state index in [0.29, 0.717) is 17.3 Å². The average molecular weight is 334 g/mol. The first-order chi connectivity index (χ1) is 11.1. The number of carbonyl (C=O) groups excluding carboxylic acids is 2. The highest BCUT2D eigenvalue weighted by molar-refractivity contribution is 6.30. The number of halogens is 1. The van der Waals surface area contributed by atoms with Crippen LogP contribution < -0.4 is 10.1 Å². The first kappa shape index (κ1) is 16.8. The predicted molar refractivity (Wildman–Crippen MR) is 86.2 cm³/mol. The number of rotatable bonds is 7. The Labute approximate surface area is 139 Å². The maximum atomic E-state index is 11.6. The first-order valence-electron chi connectivity index (χ1n) is 6.98. The Kier molecular flexibility index (Phi) is 6.44. The molecule has 2 aromatic carbocycles. The van der Waals surface area contributed by atoms with Gasteiger partial charge in [0.25, 0.3) is 5.91 Å². The molecule has 0 aliphatic heterocycles. The Morgan fingerprint density at radius 2 is 1.65 bits per heavy atom. The maximum absolute atomic E-state index is 11.6. The minimum Gasteiger partial charge on any atom is -0.482 e. The fourth-order valence-corrected chi connectivity index (χ4v) is 1.83. The Morgan fingerprint density at radius 1 is 0.957 bits per heavy atom. The molecule has 0 aliphatic carbocycles. The number of esters is 1. The van der Waals surface area contributed by atoms with Crippen molar-refractivity contribution in [1.29, 1.82) is 0 Å². The molecule has 0 saturated carbocycles. The molecule has 0 radical (unpaired) electrons. The number of nitrogens with one attached hydrogen (secondary N) is 1. The molecule has 6 heteroatoms. The highest BCUT2D eigenvalue weighted by Gasteiger charge is 2.08. The van der Waals surface area contributed by atoms with Gasteiger partial charge in [-0.15, -0.1) is 0 Å². The summed E-state index contributed by atoms with van der Waals surface area (Å²) < 4.78 is 10.1. The number of benzene rings is 2. The van der Waals surface area contributed by atoms with Gasteiger partial charge in [-0.3, -0.25) is 4.79 Å². The molecule has 0 heterocycles. The van der Waals surface area contributed by atoms with E-state index < -0.39 is 5.97 Å². The van der Waals surface area contributed by atoms with E-state index in [4.69, 9.17) is 21.1 Å². The number of ether oxygens (including phenoxy) is 2. The van der Waals surface area contributed by atoms with Crippen molar-refractivity contribution in [2.24, 2.45) is 0 Å². The van der Waals surface area contributed by atoms with E-state index in [0.717, 1.165) is 5.56 Å². The summed E-state index contributed by atoms with van der Waals surface area (Å²) in [6, 6.07) is 16.0. The normalized spacial score (nSPS) is 9.96. The van der Waals surface area contributed by atoms with Gasteiger partial charge < -0.3 is 14.8 Å². The highest BCUT2D eigenvalue weighted by atomic mass is 35.5. The van der Waals surface area contributed by atoms with Crippen LogP contribution in [0.25, 0.3) is 0 Å². The maximum Gasteiger partial charge on any atom is 0.344 e. The van der Waals surface area contributed by atoms with Crippen LogP contribution >= 0.6 is 11.6 Å². The number of amides is 1. The molecule has 120 valence electrons. The van der Waals surface area contributed by atoms with E-state index in [1.165, 1.54) is 0 Å². The predicted octanol–water partition coefficient (Wildman–Crippen LogP) is 2.58. The van der Waals surface area contributed by atoms with E-state index in [2.05, 4.69) is 5.32 Å². The van der Waals surface area contributed by atoms with Crippen LogP contribution in [0.5, 0.6) is 5.75 Å². The molecule has 0 bridgehead atoms. The molecule has 23 heavy (non-hydrogen) atoms. The van der Waals surface area contributed by atoms with Crippen molar-refractivity contribution in [2.45, 2.75) is 6.54 Å². The Bertz CT molecular complexity index is 643. The molecule has 0 unspecified atom stereocenters. The van der Waals surface area contributed by atoms with Crippen LogP contribution in [0.3, 0.4) is 0 Å². The van der Waals surface area contributed by atoms with Crippen LogP contribution in [0.15, 0.2) is 54.6 Å². The van der Waals surface area contributed by atoms with Crippen molar-refractivity contribution in [3.63, 3.8) is 0 Å². The molecule has 5 nitrogen and oxygen atoms in total. The monoisotopic (exact) mass is 333 g/mol. The lowest BCUT2D eigenvalue weighted by Gasteiger charge is -2.08. The molecular weight excluding hydrogens is 318 g/mol. The standard InChI is InChI=1S/C17H16ClNO4/c18-14-6-8-15(9-7-14)22-12-17(21)23-11-16(20)19-10-13-4-2-1-3-5-13/h1-9H,10-12H2,(H,19,20). The van der Waals surface area contributed by atoms with Gasteiger partial charge in [-0.05, 0) is 29.8 Å². The van der Waals surface area contributed by atoms with E-state index in [9.17, 15) is 9.59 Å². The lowest BCUT2D eigenvalue weighted by atomic mass is 10.2. The van der Waals surface area contributed by atoms with Crippen molar-refractivity contribution in [3.05, 3.63) is 65.2 Å². The zero-order valence-electron chi connectivity index (χ0n) is 12.3. The van der Waals surface area contributed by atoms with Gasteiger partial charge in [-0.25, -0.2) is 4.79 Å². The molecule has 1 amide bonds. The van der Waals surface area contributed by atoms with Crippen molar-refractivity contribution >= 4 is 23.5 Å². The Hall–Kier alpha value is -2.53. The molecule has 2 rings (SSSR count). The third kappa shape index (κ3) is 6.40. The molecular formula is C17H16ClNO4. The van der Waals surface area contributed by atoms with Crippen LogP contribution in [-0.2, 0) is 20.9 Å². The third-order valence-corrected chi connectivity index (χ3v) is 3.12. The largest absolute Gasteiger partial charge is 0.482 e. The molecule has 0 spiro atoms. The fourth-order valence-electron chi connectivity index (χ4n) is 1.71. The summed E-state index contributed by atoms with van der Waals surface area (Å²) in [7, 11) is 0. The lowest BCUT2D eigenvalue weighted by molar-refractivity contribution is -0.150. The van der Waals surface area contributed by atoms with Crippen molar-refractivity contribution in [2.75, 3.05) is 13.2 Å². The second kappa shape index (κ2) is 8.80. The van der Waals surface area contributed by atoms with E-state index in [1.807, 2.05) is 30.3 Å². The molecule has 0 aliphatic rings. The van der Waals surface area contributed by atoms with Crippen LogP contribution in [0.4, 0.5) is 0 Å². The number of carbonyl (C=O) groups is 2. The molecule has 2 aromatic rings. The summed E-state index contributed by atoms with van der Waals surface area (Å²) in [5.41, 5.74) is 0.971. The van der Waals surface area contributed by atoms with E-state index in [-0.39, 0.29) is 19.1 Å². The fraction of sp³-hybridized carbons (Fsp3) is 0.176. The SMILES string of the molecule is O=C(COC(=O)COc1ccc(Cl)cc1)NCc1ccccc1. The van der Waals surface area contributed by atoms with Gasteiger partial charge in [0.05, 0.1) is 0 Å². The van der Waals surface area contributed by atoms with Gasteiger partial charge in [-0.2, -0.15) is 0 Å². The van der Waals surface area contributed by atoms with Gasteiger partial charge in [-0.1, -0.05) is 41.9 Å². The quantitative estimate of drug-likeness (QED) is 0.791. The van der Waals surface area contributed by atoms with Crippen LogP contribution in [-0.4, -0.2) is 25.1 Å². The lowest BCUT2D eigenvalue weighted by Crippen LogP contribution is -2.29. The molecule has 0 aromatic heterocycles. The number of hydrogen-bond acceptors (Lipinski definition) is 4. The summed E-state index contributed by atoms with van der Waals surface area (Å²) in [5.74, 6) is -0.483. The van der Waals surface area contributed by atoms with Gasteiger partial charge in [0.2, 0.25) is 0 Å². The molecule has 1 N–H and O–H groups in total. The van der Waals surface area contributed by atoms with Crippen molar-refractivity contribution in [3.8, 4) is 5.75 Å². The highest BCUT2D eigenvalue weighted by Crippen LogP contribution is 2.15. The van der Waals surface area contributed by atoms with Crippen molar-refractivity contribution < 1.29 is 19.1 Å². The second-order valence-electron chi connectivity index (χ2n) is 4.67. The van der Waals surface area contributed by atoms with Gasteiger partial charge in [0, 0.05) is 11.6 Å². The first-order valence-corrected chi connectivity index (χ1v) is 7.36. The topological polar surface area (TPSA) is 64.6 Å². The second-order valence-corrected chi connectivity index (χ2v) is 5.10. The van der Waals surface area contributed by atoms with Gasteiger partial charge in [0.1, 0.15) is 5.75 Å². The number of hydrogen-bond donors (Lipinski definition) is 1. The minimum atomic E-state index is -0.616. The Balaban J connectivity index is 1.63. The van der Waals surface area contributed by atoms with Crippen LogP contribution in [0, 0.1) is 0 Å². The zero-order valence-corrected chi connectivity index (χ0v) is 13.1. The summed E-state index contributed by atoms with van der Waals surface area (Å²) >= 11 is 5.74. The summed E-state index contributed by atoms with van der Waals surface area (Å²) in [6.07, 6.45) is 0. The van der Waals surface area contributed by atoms with Crippen LogP contribution in [0.2, 0.25) is 5.02 Å². The van der Waals surface area contributed by atoms with Gasteiger partial charge in [0.15, 0.2) is 13.2 Å². The average Bonchev–Trinajstić information content (AvgIpc) is 2.58. The summed E-state index contributed by atoms with van der Waals surface area (Å²) in [4.78, 5) is 23.1. The molecule has 0 fully saturated rings. The Morgan fingerprint density at radius 3 is 2.35 bits per heavy atom. The molecule has 0 saturated heterocycles. The van der Waals surface area contributed by atoms with E-state index in [1.54, 1.807) is 24.3 Å². The smallest absolute Gasteiger partial charge is 0.344 e. The summed E-state index contributed by atoms with van der Waals surface area (Å²) in [5, 5.41) is 3.24. The van der Waals surface area contributed by atoms with Crippen LogP contribution in [0.1, 0.15) is 5.56 Å². The summed E-state index contributed by atoms with van der Waals surface area (Å²) in [6.45, 7) is -0.220.